The molecule has 2 aromatic heterocycles. The largest absolute Gasteiger partial charge is 0.355 e. The van der Waals surface area contributed by atoms with Crippen LogP contribution in [0.3, 0.4) is 0 Å². The second-order valence-corrected chi connectivity index (χ2v) is 6.76. The molecular weight excluding hydrogens is 362 g/mol. The van der Waals surface area contributed by atoms with Gasteiger partial charge in [0.15, 0.2) is 0 Å². The van der Waals surface area contributed by atoms with Crippen molar-refractivity contribution in [1.29, 1.82) is 0 Å². The Kier molecular flexibility index (Phi) is 5.06. The quantitative estimate of drug-likeness (QED) is 0.739. The summed E-state index contributed by atoms with van der Waals surface area (Å²) in [6.07, 6.45) is 0. The molecule has 0 aliphatic carbocycles. The number of carbonyl (C=O) groups is 1. The Morgan fingerprint density at radius 1 is 1.20 bits per heavy atom. The highest BCUT2D eigenvalue weighted by molar-refractivity contribution is 7.17. The molecule has 0 aliphatic heterocycles. The second-order valence-electron chi connectivity index (χ2n) is 5.44. The number of nitrogens with zero attached hydrogens (tertiary/aromatic N) is 2. The first kappa shape index (κ1) is 17.4. The van der Waals surface area contributed by atoms with E-state index in [1.54, 1.807) is 42.6 Å². The maximum absolute atomic E-state index is 12.9. The molecular formula is C17H16ClN3O3S. The van der Waals surface area contributed by atoms with Gasteiger partial charge >= 0.3 is 5.69 Å². The minimum absolute atomic E-state index is 0.0561. The smallest absolute Gasteiger partial charge is 0.332 e. The zero-order valence-corrected chi connectivity index (χ0v) is 15.1. The lowest BCUT2D eigenvalue weighted by atomic mass is 10.2. The van der Waals surface area contributed by atoms with Gasteiger partial charge in [-0.05, 0) is 30.0 Å². The van der Waals surface area contributed by atoms with E-state index in [4.69, 9.17) is 11.6 Å². The summed E-state index contributed by atoms with van der Waals surface area (Å²) in [6, 6.07) is 8.73. The lowest BCUT2D eigenvalue weighted by molar-refractivity contribution is -0.121. The van der Waals surface area contributed by atoms with Gasteiger partial charge in [0.2, 0.25) is 5.91 Å². The number of fused-ring (bicyclic) bond motifs is 1. The van der Waals surface area contributed by atoms with E-state index in [0.717, 1.165) is 4.57 Å². The molecule has 0 atom stereocenters. The molecule has 0 spiro atoms. The van der Waals surface area contributed by atoms with Crippen molar-refractivity contribution in [2.75, 3.05) is 6.54 Å². The molecule has 25 heavy (non-hydrogen) atoms. The number of amides is 1. The Morgan fingerprint density at radius 2 is 1.96 bits per heavy atom. The average Bonchev–Trinajstić information content (AvgIpc) is 3.07. The van der Waals surface area contributed by atoms with Gasteiger partial charge in [0.25, 0.3) is 5.56 Å². The molecule has 8 heteroatoms. The number of hydrogen-bond donors (Lipinski definition) is 1. The first-order valence-electron chi connectivity index (χ1n) is 7.74. The maximum Gasteiger partial charge on any atom is 0.332 e. The van der Waals surface area contributed by atoms with E-state index >= 15 is 0 Å². The van der Waals surface area contributed by atoms with E-state index < -0.39 is 5.69 Å². The standard InChI is InChI=1S/C17H16ClN3O3S/c1-2-19-14(22)10-20-13-7-8-25-15(13)16(23)21(17(20)24)9-11-5-3-4-6-12(11)18/h3-8H,2,9-10H2,1H3,(H,19,22). The summed E-state index contributed by atoms with van der Waals surface area (Å²) >= 11 is 7.40. The molecule has 0 saturated carbocycles. The summed E-state index contributed by atoms with van der Waals surface area (Å²) < 4.78 is 2.89. The number of likely N-dealkylation sites (N-methyl/N-ethyl adjacent to an activating group) is 1. The van der Waals surface area contributed by atoms with E-state index in [0.29, 0.717) is 27.3 Å². The fourth-order valence-corrected chi connectivity index (χ4v) is 3.66. The third-order valence-electron chi connectivity index (χ3n) is 3.80. The third kappa shape index (κ3) is 3.38. The van der Waals surface area contributed by atoms with Crippen LogP contribution in [0.4, 0.5) is 0 Å². The molecule has 1 aromatic carbocycles. The van der Waals surface area contributed by atoms with Crippen LogP contribution in [0.5, 0.6) is 0 Å². The van der Waals surface area contributed by atoms with Crippen molar-refractivity contribution in [1.82, 2.24) is 14.5 Å². The monoisotopic (exact) mass is 377 g/mol. The number of hydrogen-bond acceptors (Lipinski definition) is 4. The summed E-state index contributed by atoms with van der Waals surface area (Å²) in [5.41, 5.74) is 0.245. The van der Waals surface area contributed by atoms with Crippen LogP contribution in [0.2, 0.25) is 5.02 Å². The zero-order chi connectivity index (χ0) is 18.0. The van der Waals surface area contributed by atoms with Crippen molar-refractivity contribution < 1.29 is 4.79 Å². The molecule has 3 aromatic rings. The van der Waals surface area contributed by atoms with Crippen LogP contribution in [0.25, 0.3) is 10.2 Å². The highest BCUT2D eigenvalue weighted by Gasteiger charge is 2.17. The lowest BCUT2D eigenvalue weighted by Crippen LogP contribution is -2.42. The Labute approximate surface area is 152 Å². The molecule has 0 unspecified atom stereocenters. The summed E-state index contributed by atoms with van der Waals surface area (Å²) in [4.78, 5) is 37.5. The molecule has 2 heterocycles. The predicted molar refractivity (Wildman–Crippen MR) is 99.6 cm³/mol. The first-order chi connectivity index (χ1) is 12.0. The number of halogens is 1. The Morgan fingerprint density at radius 3 is 2.68 bits per heavy atom. The molecule has 6 nitrogen and oxygen atoms in total. The van der Waals surface area contributed by atoms with Gasteiger partial charge in [-0.25, -0.2) is 4.79 Å². The van der Waals surface area contributed by atoms with E-state index in [-0.39, 0.29) is 24.6 Å². The first-order valence-corrected chi connectivity index (χ1v) is 8.99. The summed E-state index contributed by atoms with van der Waals surface area (Å²) in [7, 11) is 0. The van der Waals surface area contributed by atoms with E-state index in [1.165, 1.54) is 15.9 Å². The molecule has 1 amide bonds. The summed E-state index contributed by atoms with van der Waals surface area (Å²) in [6.45, 7) is 2.20. The van der Waals surface area contributed by atoms with E-state index in [9.17, 15) is 14.4 Å². The Bertz CT molecular complexity index is 1050. The minimum atomic E-state index is -0.526. The van der Waals surface area contributed by atoms with Crippen molar-refractivity contribution in [3.05, 3.63) is 67.1 Å². The van der Waals surface area contributed by atoms with Gasteiger partial charge in [-0.1, -0.05) is 29.8 Å². The zero-order valence-electron chi connectivity index (χ0n) is 13.5. The minimum Gasteiger partial charge on any atom is -0.355 e. The Balaban J connectivity index is 2.16. The summed E-state index contributed by atoms with van der Waals surface area (Å²) in [5.74, 6) is -0.278. The van der Waals surface area contributed by atoms with Crippen molar-refractivity contribution in [2.24, 2.45) is 0 Å². The normalized spacial score (nSPS) is 11.0. The number of aromatic nitrogens is 2. The predicted octanol–water partition coefficient (Wildman–Crippen LogP) is 2.06. The lowest BCUT2D eigenvalue weighted by Gasteiger charge is -2.12. The number of thiophene rings is 1. The maximum atomic E-state index is 12.9. The summed E-state index contributed by atoms with van der Waals surface area (Å²) in [5, 5.41) is 4.88. The van der Waals surface area contributed by atoms with Gasteiger partial charge < -0.3 is 5.32 Å². The van der Waals surface area contributed by atoms with Gasteiger partial charge in [0, 0.05) is 11.6 Å². The van der Waals surface area contributed by atoms with Crippen LogP contribution in [0.15, 0.2) is 45.3 Å². The van der Waals surface area contributed by atoms with Gasteiger partial charge in [0.05, 0.1) is 12.1 Å². The van der Waals surface area contributed by atoms with Crippen molar-refractivity contribution in [3.63, 3.8) is 0 Å². The molecule has 0 bridgehead atoms. The van der Waals surface area contributed by atoms with Crippen LogP contribution in [0.1, 0.15) is 12.5 Å². The van der Waals surface area contributed by atoms with E-state index in [2.05, 4.69) is 5.32 Å². The van der Waals surface area contributed by atoms with Crippen molar-refractivity contribution >= 4 is 39.1 Å². The van der Waals surface area contributed by atoms with Gasteiger partial charge in [0.1, 0.15) is 11.2 Å². The molecule has 1 N–H and O–H groups in total. The molecule has 130 valence electrons. The van der Waals surface area contributed by atoms with Crippen LogP contribution in [-0.2, 0) is 17.9 Å². The number of rotatable bonds is 5. The van der Waals surface area contributed by atoms with Gasteiger partial charge in [-0.3, -0.25) is 18.7 Å². The van der Waals surface area contributed by atoms with E-state index in [1.807, 2.05) is 0 Å². The molecule has 0 aliphatic rings. The molecule has 0 fully saturated rings. The molecule has 3 rings (SSSR count). The number of nitrogens with one attached hydrogen (secondary N) is 1. The van der Waals surface area contributed by atoms with Gasteiger partial charge in [-0.2, -0.15) is 0 Å². The highest BCUT2D eigenvalue weighted by atomic mass is 35.5. The SMILES string of the molecule is CCNC(=O)Cn1c(=O)n(Cc2ccccc2Cl)c(=O)c2sccc21. The van der Waals surface area contributed by atoms with Crippen molar-refractivity contribution in [3.8, 4) is 0 Å². The number of carbonyl (C=O) groups excluding carboxylic acids is 1. The molecule has 0 radical (unpaired) electrons. The second kappa shape index (κ2) is 7.25. The average molecular weight is 378 g/mol. The van der Waals surface area contributed by atoms with Gasteiger partial charge in [-0.15, -0.1) is 11.3 Å². The van der Waals surface area contributed by atoms with Crippen LogP contribution in [0, 0.1) is 0 Å². The van der Waals surface area contributed by atoms with Crippen LogP contribution >= 0.6 is 22.9 Å². The highest BCUT2D eigenvalue weighted by Crippen LogP contribution is 2.17. The number of benzene rings is 1. The Hall–Kier alpha value is -2.38. The van der Waals surface area contributed by atoms with Crippen LogP contribution < -0.4 is 16.6 Å². The topological polar surface area (TPSA) is 73.1 Å². The fourth-order valence-electron chi connectivity index (χ4n) is 2.62. The molecule has 0 saturated heterocycles. The third-order valence-corrected chi connectivity index (χ3v) is 5.06. The van der Waals surface area contributed by atoms with Crippen LogP contribution in [-0.4, -0.2) is 21.6 Å². The van der Waals surface area contributed by atoms with Crippen molar-refractivity contribution in [2.45, 2.75) is 20.0 Å². The fraction of sp³-hybridized carbons (Fsp3) is 0.235.